The van der Waals surface area contributed by atoms with Crippen LogP contribution in [0.25, 0.3) is 0 Å². The highest BCUT2D eigenvalue weighted by Gasteiger charge is 2.10. The molecule has 0 amide bonds. The van der Waals surface area contributed by atoms with Crippen LogP contribution in [0.5, 0.6) is 5.75 Å². The van der Waals surface area contributed by atoms with Crippen molar-refractivity contribution in [2.45, 2.75) is 6.54 Å². The van der Waals surface area contributed by atoms with E-state index in [-0.39, 0.29) is 5.69 Å². The van der Waals surface area contributed by atoms with E-state index in [1.807, 2.05) is 0 Å². The van der Waals surface area contributed by atoms with Gasteiger partial charge in [0.1, 0.15) is 11.6 Å². The third-order valence-electron chi connectivity index (χ3n) is 2.80. The van der Waals surface area contributed by atoms with Gasteiger partial charge in [0.15, 0.2) is 0 Å². The summed E-state index contributed by atoms with van der Waals surface area (Å²) in [4.78, 5) is 10.4. The summed E-state index contributed by atoms with van der Waals surface area (Å²) in [6, 6.07) is 8.83. The highest BCUT2D eigenvalue weighted by molar-refractivity contribution is 9.10. The summed E-state index contributed by atoms with van der Waals surface area (Å²) in [7, 11) is 1.45. The molecular formula is C14H12BrFN2O3. The van der Waals surface area contributed by atoms with Crippen LogP contribution >= 0.6 is 15.9 Å². The normalized spacial score (nSPS) is 10.2. The Balaban J connectivity index is 2.18. The Morgan fingerprint density at radius 1 is 1.33 bits per heavy atom. The van der Waals surface area contributed by atoms with Crippen molar-refractivity contribution >= 4 is 27.3 Å². The van der Waals surface area contributed by atoms with Crippen LogP contribution in [0.15, 0.2) is 40.9 Å². The molecule has 0 bridgehead atoms. The first kappa shape index (κ1) is 15.2. The van der Waals surface area contributed by atoms with Crippen molar-refractivity contribution in [3.63, 3.8) is 0 Å². The second kappa shape index (κ2) is 6.53. The summed E-state index contributed by atoms with van der Waals surface area (Å²) < 4.78 is 18.8. The molecule has 0 saturated carbocycles. The fourth-order valence-corrected chi connectivity index (χ4v) is 2.38. The zero-order chi connectivity index (χ0) is 15.4. The highest BCUT2D eigenvalue weighted by Crippen LogP contribution is 2.27. The molecule has 0 saturated heterocycles. The number of methoxy groups -OCH3 is 1. The van der Waals surface area contributed by atoms with Crippen LogP contribution in [0, 0.1) is 15.9 Å². The first-order valence-corrected chi connectivity index (χ1v) is 6.80. The molecular weight excluding hydrogens is 343 g/mol. The molecule has 0 spiro atoms. The lowest BCUT2D eigenvalue weighted by molar-refractivity contribution is -0.385. The Morgan fingerprint density at radius 2 is 2.10 bits per heavy atom. The van der Waals surface area contributed by atoms with Crippen LogP contribution in [0.2, 0.25) is 0 Å². The first-order chi connectivity index (χ1) is 9.99. The number of benzene rings is 2. The molecule has 0 atom stereocenters. The van der Waals surface area contributed by atoms with Gasteiger partial charge in [-0.15, -0.1) is 0 Å². The topological polar surface area (TPSA) is 64.4 Å². The van der Waals surface area contributed by atoms with Gasteiger partial charge in [0, 0.05) is 29.2 Å². The Labute approximate surface area is 129 Å². The molecule has 1 N–H and O–H groups in total. The number of nitro benzene ring substituents is 1. The van der Waals surface area contributed by atoms with Gasteiger partial charge >= 0.3 is 0 Å². The first-order valence-electron chi connectivity index (χ1n) is 6.01. The summed E-state index contributed by atoms with van der Waals surface area (Å²) in [5, 5.41) is 13.9. The lowest BCUT2D eigenvalue weighted by Gasteiger charge is -2.11. The fraction of sp³-hybridized carbons (Fsp3) is 0.143. The summed E-state index contributed by atoms with van der Waals surface area (Å²) in [6.45, 7) is 0.349. The lowest BCUT2D eigenvalue weighted by atomic mass is 10.2. The zero-order valence-electron chi connectivity index (χ0n) is 11.1. The number of hydrogen-bond acceptors (Lipinski definition) is 4. The lowest BCUT2D eigenvalue weighted by Crippen LogP contribution is -2.02. The van der Waals surface area contributed by atoms with Gasteiger partial charge in [-0.05, 0) is 23.8 Å². The summed E-state index contributed by atoms with van der Waals surface area (Å²) >= 11 is 3.24. The summed E-state index contributed by atoms with van der Waals surface area (Å²) in [5.41, 5.74) is 1.34. The molecule has 2 aromatic carbocycles. The fourth-order valence-electron chi connectivity index (χ4n) is 1.85. The molecule has 2 aromatic rings. The standard InChI is InChI=1S/C14H12BrFN2O3/c1-21-14-7-11(16)2-3-13(14)17-8-9-4-10(15)6-12(5-9)18(19)20/h2-7,17H,8H2,1H3. The Kier molecular flexibility index (Phi) is 4.74. The third kappa shape index (κ3) is 3.91. The van der Waals surface area contributed by atoms with Gasteiger partial charge in [-0.25, -0.2) is 4.39 Å². The van der Waals surface area contributed by atoms with Crippen LogP contribution in [-0.2, 0) is 6.54 Å². The van der Waals surface area contributed by atoms with Gasteiger partial charge in [-0.3, -0.25) is 10.1 Å². The van der Waals surface area contributed by atoms with Crippen LogP contribution in [-0.4, -0.2) is 12.0 Å². The van der Waals surface area contributed by atoms with Gasteiger partial charge in [0.05, 0.1) is 17.7 Å². The number of anilines is 1. The number of halogens is 2. The van der Waals surface area contributed by atoms with E-state index < -0.39 is 10.7 Å². The molecule has 0 aliphatic carbocycles. The monoisotopic (exact) mass is 354 g/mol. The Bertz CT molecular complexity index is 679. The molecule has 7 heteroatoms. The maximum Gasteiger partial charge on any atom is 0.270 e. The van der Waals surface area contributed by atoms with E-state index >= 15 is 0 Å². The van der Waals surface area contributed by atoms with Crippen molar-refractivity contribution in [2.75, 3.05) is 12.4 Å². The molecule has 0 aliphatic rings. The highest BCUT2D eigenvalue weighted by atomic mass is 79.9. The zero-order valence-corrected chi connectivity index (χ0v) is 12.7. The van der Waals surface area contributed by atoms with E-state index in [0.29, 0.717) is 22.5 Å². The summed E-state index contributed by atoms with van der Waals surface area (Å²) in [5.74, 6) is -0.0185. The van der Waals surface area contributed by atoms with E-state index in [4.69, 9.17) is 4.74 Å². The number of nitro groups is 1. The molecule has 2 rings (SSSR count). The Morgan fingerprint density at radius 3 is 2.76 bits per heavy atom. The number of non-ortho nitro benzene ring substituents is 1. The number of ether oxygens (including phenoxy) is 1. The van der Waals surface area contributed by atoms with Crippen molar-refractivity contribution < 1.29 is 14.1 Å². The number of rotatable bonds is 5. The number of nitrogens with zero attached hydrogens (tertiary/aromatic N) is 1. The Hall–Kier alpha value is -2.15. The predicted molar refractivity (Wildman–Crippen MR) is 81.1 cm³/mol. The van der Waals surface area contributed by atoms with E-state index in [9.17, 15) is 14.5 Å². The van der Waals surface area contributed by atoms with E-state index in [0.717, 1.165) is 5.56 Å². The van der Waals surface area contributed by atoms with Gasteiger partial charge in [-0.1, -0.05) is 15.9 Å². The second-order valence-electron chi connectivity index (χ2n) is 4.27. The average molecular weight is 355 g/mol. The molecule has 0 aliphatic heterocycles. The molecule has 5 nitrogen and oxygen atoms in total. The molecule has 0 heterocycles. The molecule has 0 fully saturated rings. The average Bonchev–Trinajstić information content (AvgIpc) is 2.45. The predicted octanol–water partition coefficient (Wildman–Crippen LogP) is 4.12. The maximum atomic E-state index is 13.1. The van der Waals surface area contributed by atoms with E-state index in [1.165, 1.54) is 31.4 Å². The van der Waals surface area contributed by atoms with Crippen molar-refractivity contribution in [3.8, 4) is 5.75 Å². The smallest absolute Gasteiger partial charge is 0.270 e. The minimum atomic E-state index is -0.452. The molecule has 110 valence electrons. The number of nitrogens with one attached hydrogen (secondary N) is 1. The van der Waals surface area contributed by atoms with Crippen molar-refractivity contribution in [2.24, 2.45) is 0 Å². The van der Waals surface area contributed by atoms with E-state index in [1.54, 1.807) is 12.1 Å². The second-order valence-corrected chi connectivity index (χ2v) is 5.19. The van der Waals surface area contributed by atoms with Gasteiger partial charge in [0.25, 0.3) is 5.69 Å². The van der Waals surface area contributed by atoms with Crippen molar-refractivity contribution in [3.05, 3.63) is 62.4 Å². The van der Waals surface area contributed by atoms with E-state index in [2.05, 4.69) is 21.2 Å². The van der Waals surface area contributed by atoms with Crippen LogP contribution in [0.1, 0.15) is 5.56 Å². The molecule has 0 unspecified atom stereocenters. The minimum absolute atomic E-state index is 0.00671. The largest absolute Gasteiger partial charge is 0.494 e. The van der Waals surface area contributed by atoms with Crippen LogP contribution < -0.4 is 10.1 Å². The molecule has 0 radical (unpaired) electrons. The summed E-state index contributed by atoms with van der Waals surface area (Å²) in [6.07, 6.45) is 0. The molecule has 21 heavy (non-hydrogen) atoms. The minimum Gasteiger partial charge on any atom is -0.494 e. The van der Waals surface area contributed by atoms with Gasteiger partial charge < -0.3 is 10.1 Å². The third-order valence-corrected chi connectivity index (χ3v) is 3.26. The maximum absolute atomic E-state index is 13.1. The van der Waals surface area contributed by atoms with Crippen LogP contribution in [0.3, 0.4) is 0 Å². The molecule has 0 aromatic heterocycles. The van der Waals surface area contributed by atoms with Gasteiger partial charge in [0.2, 0.25) is 0 Å². The van der Waals surface area contributed by atoms with Gasteiger partial charge in [-0.2, -0.15) is 0 Å². The van der Waals surface area contributed by atoms with Crippen LogP contribution in [0.4, 0.5) is 15.8 Å². The van der Waals surface area contributed by atoms with Crippen molar-refractivity contribution in [1.29, 1.82) is 0 Å². The number of hydrogen-bond donors (Lipinski definition) is 1. The SMILES string of the molecule is COc1cc(F)ccc1NCc1cc(Br)cc([N+](=O)[O-])c1. The quantitative estimate of drug-likeness (QED) is 0.647. The van der Waals surface area contributed by atoms with Crippen molar-refractivity contribution in [1.82, 2.24) is 0 Å².